The van der Waals surface area contributed by atoms with Crippen molar-refractivity contribution >= 4 is 0 Å². The lowest BCUT2D eigenvalue weighted by molar-refractivity contribution is 0.0238. The standard InChI is InChI=1S/C12H27NO2/c1-6-12(14,7-2)9-13-11(8-15-5)10(3)4/h10-11,13-14H,6-9H2,1-5H3. The highest BCUT2D eigenvalue weighted by molar-refractivity contribution is 4.81. The van der Waals surface area contributed by atoms with Gasteiger partial charge in [-0.2, -0.15) is 0 Å². The van der Waals surface area contributed by atoms with Crippen molar-refractivity contribution in [2.45, 2.75) is 52.2 Å². The molecule has 3 nitrogen and oxygen atoms in total. The fraction of sp³-hybridized carbons (Fsp3) is 1.00. The molecule has 0 amide bonds. The van der Waals surface area contributed by atoms with Crippen LogP contribution < -0.4 is 5.32 Å². The van der Waals surface area contributed by atoms with Gasteiger partial charge in [0.15, 0.2) is 0 Å². The second kappa shape index (κ2) is 7.20. The van der Waals surface area contributed by atoms with Crippen LogP contribution in [0.5, 0.6) is 0 Å². The Kier molecular flexibility index (Phi) is 7.14. The first-order valence-electron chi connectivity index (χ1n) is 5.93. The quantitative estimate of drug-likeness (QED) is 0.651. The maximum Gasteiger partial charge on any atom is 0.0766 e. The summed E-state index contributed by atoms with van der Waals surface area (Å²) < 4.78 is 5.15. The molecule has 15 heavy (non-hydrogen) atoms. The Hall–Kier alpha value is -0.120. The van der Waals surface area contributed by atoms with Gasteiger partial charge in [-0.05, 0) is 18.8 Å². The third-order valence-corrected chi connectivity index (χ3v) is 3.16. The van der Waals surface area contributed by atoms with Gasteiger partial charge in [0.05, 0.1) is 12.2 Å². The number of aliphatic hydroxyl groups is 1. The number of hydrogen-bond donors (Lipinski definition) is 2. The van der Waals surface area contributed by atoms with Gasteiger partial charge in [0.25, 0.3) is 0 Å². The van der Waals surface area contributed by atoms with E-state index < -0.39 is 5.60 Å². The van der Waals surface area contributed by atoms with Crippen LogP contribution in [0.1, 0.15) is 40.5 Å². The molecule has 0 saturated heterocycles. The number of nitrogens with one attached hydrogen (secondary N) is 1. The zero-order valence-corrected chi connectivity index (χ0v) is 10.8. The van der Waals surface area contributed by atoms with Gasteiger partial charge in [-0.3, -0.25) is 0 Å². The zero-order valence-electron chi connectivity index (χ0n) is 10.8. The molecule has 0 aromatic rings. The molecule has 1 atom stereocenters. The SMILES string of the molecule is CCC(O)(CC)CNC(COC)C(C)C. The summed E-state index contributed by atoms with van der Waals surface area (Å²) in [5.41, 5.74) is -0.569. The zero-order chi connectivity index (χ0) is 11.9. The van der Waals surface area contributed by atoms with Gasteiger partial charge in [0.1, 0.15) is 0 Å². The van der Waals surface area contributed by atoms with E-state index in [9.17, 15) is 5.11 Å². The maximum absolute atomic E-state index is 10.1. The summed E-state index contributed by atoms with van der Waals surface area (Å²) in [5.74, 6) is 0.517. The van der Waals surface area contributed by atoms with Crippen molar-refractivity contribution in [2.75, 3.05) is 20.3 Å². The van der Waals surface area contributed by atoms with Gasteiger partial charge in [0, 0.05) is 19.7 Å². The van der Waals surface area contributed by atoms with E-state index in [0.29, 0.717) is 25.1 Å². The van der Waals surface area contributed by atoms with Gasteiger partial charge in [-0.25, -0.2) is 0 Å². The highest BCUT2D eigenvalue weighted by Gasteiger charge is 2.24. The third-order valence-electron chi connectivity index (χ3n) is 3.16. The fourth-order valence-corrected chi connectivity index (χ4v) is 1.49. The van der Waals surface area contributed by atoms with Crippen LogP contribution in [0, 0.1) is 5.92 Å². The molecule has 0 bridgehead atoms. The normalized spacial score (nSPS) is 14.6. The van der Waals surface area contributed by atoms with Crippen LogP contribution in [0.4, 0.5) is 0 Å². The predicted molar refractivity (Wildman–Crippen MR) is 64.0 cm³/mol. The van der Waals surface area contributed by atoms with Crippen molar-refractivity contribution in [3.8, 4) is 0 Å². The van der Waals surface area contributed by atoms with Crippen molar-refractivity contribution < 1.29 is 9.84 Å². The molecule has 0 rings (SSSR count). The first-order valence-corrected chi connectivity index (χ1v) is 5.93. The molecule has 0 aromatic heterocycles. The number of ether oxygens (including phenoxy) is 1. The summed E-state index contributed by atoms with van der Waals surface area (Å²) in [5, 5.41) is 13.5. The Morgan fingerprint density at radius 2 is 1.80 bits per heavy atom. The monoisotopic (exact) mass is 217 g/mol. The van der Waals surface area contributed by atoms with Gasteiger partial charge in [-0.15, -0.1) is 0 Å². The Labute approximate surface area is 94.2 Å². The molecule has 0 heterocycles. The summed E-state index contributed by atoms with van der Waals surface area (Å²) in [4.78, 5) is 0. The van der Waals surface area contributed by atoms with Gasteiger partial charge >= 0.3 is 0 Å². The van der Waals surface area contributed by atoms with Gasteiger partial charge in [0.2, 0.25) is 0 Å². The van der Waals surface area contributed by atoms with E-state index in [4.69, 9.17) is 4.74 Å². The first-order chi connectivity index (χ1) is 6.99. The minimum Gasteiger partial charge on any atom is -0.389 e. The molecule has 0 radical (unpaired) electrons. The van der Waals surface area contributed by atoms with Crippen LogP contribution in [-0.2, 0) is 4.74 Å². The van der Waals surface area contributed by atoms with Crippen LogP contribution in [0.3, 0.4) is 0 Å². The van der Waals surface area contributed by atoms with Crippen LogP contribution in [-0.4, -0.2) is 37.0 Å². The van der Waals surface area contributed by atoms with E-state index in [1.165, 1.54) is 0 Å². The molecule has 0 aliphatic rings. The van der Waals surface area contributed by atoms with E-state index in [2.05, 4.69) is 19.2 Å². The summed E-state index contributed by atoms with van der Waals surface area (Å²) in [6.07, 6.45) is 1.57. The molecular formula is C12H27NO2. The molecule has 0 saturated carbocycles. The van der Waals surface area contributed by atoms with Gasteiger partial charge in [-0.1, -0.05) is 27.7 Å². The number of rotatable bonds is 8. The predicted octanol–water partition coefficient (Wildman–Crippen LogP) is 1.80. The minimum absolute atomic E-state index is 0.319. The van der Waals surface area contributed by atoms with Crippen LogP contribution in [0.15, 0.2) is 0 Å². The second-order valence-electron chi connectivity index (χ2n) is 4.62. The average molecular weight is 217 g/mol. The smallest absolute Gasteiger partial charge is 0.0766 e. The highest BCUT2D eigenvalue weighted by atomic mass is 16.5. The summed E-state index contributed by atoms with van der Waals surface area (Å²) in [6, 6.07) is 0.319. The maximum atomic E-state index is 10.1. The lowest BCUT2D eigenvalue weighted by Gasteiger charge is -2.30. The summed E-state index contributed by atoms with van der Waals surface area (Å²) in [6.45, 7) is 9.70. The molecular weight excluding hydrogens is 190 g/mol. The first kappa shape index (κ1) is 14.9. The molecule has 1 unspecified atom stereocenters. The second-order valence-corrected chi connectivity index (χ2v) is 4.62. The largest absolute Gasteiger partial charge is 0.389 e. The van der Waals surface area contributed by atoms with Crippen LogP contribution in [0.2, 0.25) is 0 Å². The van der Waals surface area contributed by atoms with Crippen molar-refractivity contribution in [1.29, 1.82) is 0 Å². The van der Waals surface area contributed by atoms with Crippen molar-refractivity contribution in [3.63, 3.8) is 0 Å². The molecule has 0 fully saturated rings. The Bertz CT molecular complexity index is 156. The van der Waals surface area contributed by atoms with Crippen molar-refractivity contribution in [3.05, 3.63) is 0 Å². The van der Waals surface area contributed by atoms with E-state index in [1.54, 1.807) is 7.11 Å². The Balaban J connectivity index is 4.07. The Morgan fingerprint density at radius 1 is 1.27 bits per heavy atom. The van der Waals surface area contributed by atoms with Crippen LogP contribution in [0.25, 0.3) is 0 Å². The summed E-state index contributed by atoms with van der Waals surface area (Å²) in [7, 11) is 1.71. The average Bonchev–Trinajstić information content (AvgIpc) is 2.23. The molecule has 0 aromatic carbocycles. The molecule has 0 aliphatic carbocycles. The van der Waals surface area contributed by atoms with Crippen molar-refractivity contribution in [2.24, 2.45) is 5.92 Å². The Morgan fingerprint density at radius 3 is 2.13 bits per heavy atom. The van der Waals surface area contributed by atoms with Crippen LogP contribution >= 0.6 is 0 Å². The fourth-order valence-electron chi connectivity index (χ4n) is 1.49. The third kappa shape index (κ3) is 5.50. The van der Waals surface area contributed by atoms with E-state index in [-0.39, 0.29) is 0 Å². The van der Waals surface area contributed by atoms with Gasteiger partial charge < -0.3 is 15.2 Å². The molecule has 2 N–H and O–H groups in total. The molecule has 0 aliphatic heterocycles. The lowest BCUT2D eigenvalue weighted by Crippen LogP contribution is -2.47. The lowest BCUT2D eigenvalue weighted by atomic mass is 9.96. The highest BCUT2D eigenvalue weighted by Crippen LogP contribution is 2.14. The minimum atomic E-state index is -0.569. The van der Waals surface area contributed by atoms with E-state index in [0.717, 1.165) is 12.8 Å². The number of hydrogen-bond acceptors (Lipinski definition) is 3. The number of methoxy groups -OCH3 is 1. The van der Waals surface area contributed by atoms with E-state index in [1.807, 2.05) is 13.8 Å². The molecule has 3 heteroatoms. The van der Waals surface area contributed by atoms with Crippen molar-refractivity contribution in [1.82, 2.24) is 5.32 Å². The topological polar surface area (TPSA) is 41.5 Å². The molecule has 92 valence electrons. The summed E-state index contributed by atoms with van der Waals surface area (Å²) >= 11 is 0. The molecule has 0 spiro atoms. The van der Waals surface area contributed by atoms with E-state index >= 15 is 0 Å².